The number of anilines is 1. The molecule has 9 heteroatoms. The zero-order valence-corrected chi connectivity index (χ0v) is 18.3. The van der Waals surface area contributed by atoms with Gasteiger partial charge in [-0.3, -0.25) is 4.79 Å². The van der Waals surface area contributed by atoms with Gasteiger partial charge in [-0.1, -0.05) is 30.0 Å². The van der Waals surface area contributed by atoms with E-state index >= 15 is 0 Å². The first-order valence-corrected chi connectivity index (χ1v) is 12.1. The molecule has 0 radical (unpaired) electrons. The van der Waals surface area contributed by atoms with Crippen molar-refractivity contribution in [2.75, 3.05) is 30.6 Å². The fourth-order valence-corrected chi connectivity index (χ4v) is 7.62. The zero-order chi connectivity index (χ0) is 21.3. The van der Waals surface area contributed by atoms with Gasteiger partial charge in [0, 0.05) is 17.0 Å². The van der Waals surface area contributed by atoms with E-state index in [-0.39, 0.29) is 35.1 Å². The van der Waals surface area contributed by atoms with Crippen LogP contribution in [0.1, 0.15) is 5.56 Å². The van der Waals surface area contributed by atoms with Gasteiger partial charge in [0.1, 0.15) is 11.5 Å². The Morgan fingerprint density at radius 2 is 1.83 bits per heavy atom. The highest BCUT2D eigenvalue weighted by Gasteiger charge is 2.49. The number of hydrogen-bond donors (Lipinski definition) is 0. The summed E-state index contributed by atoms with van der Waals surface area (Å²) in [6.07, 6.45) is 0.160. The number of carbonyl (C=O) groups excluding carboxylic acids is 1. The van der Waals surface area contributed by atoms with Crippen LogP contribution in [0, 0.1) is 0 Å². The summed E-state index contributed by atoms with van der Waals surface area (Å²) in [5, 5.41) is 0.389. The van der Waals surface area contributed by atoms with Crippen molar-refractivity contribution < 1.29 is 22.7 Å². The minimum absolute atomic E-state index is 0.0492. The molecule has 0 bridgehead atoms. The first kappa shape index (κ1) is 20.7. The number of methoxy groups -OCH3 is 2. The predicted octanol–water partition coefficient (Wildman–Crippen LogP) is 2.55. The van der Waals surface area contributed by atoms with E-state index < -0.39 is 9.84 Å². The Bertz CT molecular complexity index is 1080. The molecule has 30 heavy (non-hydrogen) atoms. The van der Waals surface area contributed by atoms with Crippen LogP contribution in [0.5, 0.6) is 11.5 Å². The summed E-state index contributed by atoms with van der Waals surface area (Å²) in [4.78, 5) is 18.9. The summed E-state index contributed by atoms with van der Waals surface area (Å²) >= 11 is 1.36. The van der Waals surface area contributed by atoms with Crippen LogP contribution in [-0.4, -0.2) is 56.5 Å². The first-order valence-electron chi connectivity index (χ1n) is 9.43. The highest BCUT2D eigenvalue weighted by atomic mass is 32.2. The second kappa shape index (κ2) is 8.31. The molecular formula is C21H22N2O5S2. The molecule has 4 rings (SSSR count). The van der Waals surface area contributed by atoms with Crippen molar-refractivity contribution in [2.45, 2.75) is 17.7 Å². The molecule has 0 aliphatic carbocycles. The molecule has 2 fully saturated rings. The summed E-state index contributed by atoms with van der Waals surface area (Å²) < 4.78 is 34.8. The average Bonchev–Trinajstić information content (AvgIpc) is 3.19. The van der Waals surface area contributed by atoms with Gasteiger partial charge in [0.05, 0.1) is 38.2 Å². The minimum Gasteiger partial charge on any atom is -0.497 e. The lowest BCUT2D eigenvalue weighted by atomic mass is 10.1. The summed E-state index contributed by atoms with van der Waals surface area (Å²) in [7, 11) is 0.0537. The maximum absolute atomic E-state index is 12.7. The van der Waals surface area contributed by atoms with Crippen LogP contribution >= 0.6 is 11.8 Å². The third-order valence-corrected chi connectivity index (χ3v) is 8.34. The average molecular weight is 447 g/mol. The largest absolute Gasteiger partial charge is 0.497 e. The molecule has 0 aromatic heterocycles. The summed E-state index contributed by atoms with van der Waals surface area (Å²) in [5.74, 6) is 1.24. The number of sulfone groups is 1. The number of ether oxygens (including phenoxy) is 2. The number of rotatable bonds is 5. The van der Waals surface area contributed by atoms with Gasteiger partial charge in [0.15, 0.2) is 15.0 Å². The van der Waals surface area contributed by atoms with E-state index in [1.54, 1.807) is 26.4 Å². The Morgan fingerprint density at radius 1 is 1.10 bits per heavy atom. The Morgan fingerprint density at radius 3 is 2.53 bits per heavy atom. The van der Waals surface area contributed by atoms with Gasteiger partial charge >= 0.3 is 0 Å². The van der Waals surface area contributed by atoms with Crippen molar-refractivity contribution in [3.8, 4) is 11.5 Å². The Hall–Kier alpha value is -2.52. The SMILES string of the molecule is COc1ccc(CC(=O)N=C2S[C@H]3CS(=O)(=O)C[C@H]3N2c2cccc(OC)c2)cc1. The molecule has 0 N–H and O–H groups in total. The lowest BCUT2D eigenvalue weighted by molar-refractivity contribution is -0.117. The molecule has 1 amide bonds. The zero-order valence-electron chi connectivity index (χ0n) is 16.6. The van der Waals surface area contributed by atoms with Gasteiger partial charge in [-0.25, -0.2) is 8.42 Å². The monoisotopic (exact) mass is 446 g/mol. The molecule has 7 nitrogen and oxygen atoms in total. The van der Waals surface area contributed by atoms with E-state index in [0.29, 0.717) is 10.9 Å². The molecule has 2 saturated heterocycles. The van der Waals surface area contributed by atoms with Crippen LogP contribution in [0.4, 0.5) is 5.69 Å². The standard InChI is InChI=1S/C21H22N2O5S2/c1-27-16-8-6-14(7-9-16)10-20(24)22-21-23(15-4-3-5-17(11-15)28-2)18-12-30(25,26)13-19(18)29-21/h3-9,11,18-19H,10,12-13H2,1-2H3/t18-,19+/m1/s1. The summed E-state index contributed by atoms with van der Waals surface area (Å²) in [5.41, 5.74) is 1.60. The number of amides is 1. The number of carbonyl (C=O) groups is 1. The van der Waals surface area contributed by atoms with Crippen LogP contribution in [0.15, 0.2) is 53.5 Å². The van der Waals surface area contributed by atoms with Crippen molar-refractivity contribution in [2.24, 2.45) is 4.99 Å². The van der Waals surface area contributed by atoms with E-state index in [2.05, 4.69) is 4.99 Å². The summed E-state index contributed by atoms with van der Waals surface area (Å²) in [6, 6.07) is 14.4. The van der Waals surface area contributed by atoms with Gasteiger partial charge in [-0.2, -0.15) is 4.99 Å². The molecule has 0 saturated carbocycles. The number of nitrogens with zero attached hydrogens (tertiary/aromatic N) is 2. The van der Waals surface area contributed by atoms with Gasteiger partial charge in [-0.15, -0.1) is 0 Å². The third kappa shape index (κ3) is 4.32. The molecule has 2 atom stereocenters. The maximum Gasteiger partial charge on any atom is 0.252 e. The number of aliphatic imine (C=N–C) groups is 1. The topological polar surface area (TPSA) is 85.3 Å². The first-order chi connectivity index (χ1) is 14.4. The molecule has 158 valence electrons. The molecule has 2 aromatic rings. The second-order valence-electron chi connectivity index (χ2n) is 7.19. The fourth-order valence-electron chi connectivity index (χ4n) is 3.69. The Labute approximate surface area is 180 Å². The molecule has 2 aliphatic rings. The predicted molar refractivity (Wildman–Crippen MR) is 118 cm³/mol. The van der Waals surface area contributed by atoms with E-state index in [9.17, 15) is 13.2 Å². The van der Waals surface area contributed by atoms with Crippen LogP contribution in [0.2, 0.25) is 0 Å². The lowest BCUT2D eigenvalue weighted by Gasteiger charge is -2.24. The smallest absolute Gasteiger partial charge is 0.252 e. The highest BCUT2D eigenvalue weighted by molar-refractivity contribution is 8.16. The molecule has 0 unspecified atom stereocenters. The number of fused-ring (bicyclic) bond motifs is 1. The van der Waals surface area contributed by atoms with E-state index in [1.807, 2.05) is 41.3 Å². The molecular weight excluding hydrogens is 424 g/mol. The Balaban J connectivity index is 1.62. The fraction of sp³-hybridized carbons (Fsp3) is 0.333. The number of benzene rings is 2. The van der Waals surface area contributed by atoms with Crippen molar-refractivity contribution in [1.82, 2.24) is 0 Å². The molecule has 2 heterocycles. The number of thioether (sulfide) groups is 1. The highest BCUT2D eigenvalue weighted by Crippen LogP contribution is 2.41. The van der Waals surface area contributed by atoms with Gasteiger partial charge in [0.25, 0.3) is 5.91 Å². The van der Waals surface area contributed by atoms with Crippen LogP contribution < -0.4 is 14.4 Å². The van der Waals surface area contributed by atoms with E-state index in [1.165, 1.54) is 11.8 Å². The van der Waals surface area contributed by atoms with Crippen molar-refractivity contribution in [3.05, 3.63) is 54.1 Å². The quantitative estimate of drug-likeness (QED) is 0.698. The summed E-state index contributed by atoms with van der Waals surface area (Å²) in [6.45, 7) is 0. The lowest BCUT2D eigenvalue weighted by Crippen LogP contribution is -2.37. The van der Waals surface area contributed by atoms with Crippen LogP contribution in [-0.2, 0) is 21.1 Å². The minimum atomic E-state index is -3.11. The third-order valence-electron chi connectivity index (χ3n) is 5.13. The van der Waals surface area contributed by atoms with Gasteiger partial charge < -0.3 is 14.4 Å². The Kier molecular flexibility index (Phi) is 5.75. The van der Waals surface area contributed by atoms with Crippen molar-refractivity contribution in [1.29, 1.82) is 0 Å². The van der Waals surface area contributed by atoms with Crippen LogP contribution in [0.3, 0.4) is 0 Å². The molecule has 2 aliphatic heterocycles. The second-order valence-corrected chi connectivity index (χ2v) is 10.5. The number of hydrogen-bond acceptors (Lipinski definition) is 6. The van der Waals surface area contributed by atoms with Crippen LogP contribution in [0.25, 0.3) is 0 Å². The van der Waals surface area contributed by atoms with Gasteiger partial charge in [0.2, 0.25) is 0 Å². The van der Waals surface area contributed by atoms with Gasteiger partial charge in [-0.05, 0) is 29.8 Å². The number of amidine groups is 1. The van der Waals surface area contributed by atoms with Crippen molar-refractivity contribution >= 4 is 38.4 Å². The normalized spacial score (nSPS) is 23.4. The van der Waals surface area contributed by atoms with Crippen molar-refractivity contribution in [3.63, 3.8) is 0 Å². The molecule has 0 spiro atoms. The van der Waals surface area contributed by atoms with E-state index in [0.717, 1.165) is 17.0 Å². The van der Waals surface area contributed by atoms with E-state index in [4.69, 9.17) is 9.47 Å². The maximum atomic E-state index is 12.7. The molecule has 2 aromatic carbocycles.